The Morgan fingerprint density at radius 2 is 1.26 bits per heavy atom. The van der Waals surface area contributed by atoms with Crippen LogP contribution in [0.25, 0.3) is 0 Å². The summed E-state index contributed by atoms with van der Waals surface area (Å²) < 4.78 is 10.7. The summed E-state index contributed by atoms with van der Waals surface area (Å²) in [6.45, 7) is 7.58. The van der Waals surface area contributed by atoms with Crippen molar-refractivity contribution in [1.29, 1.82) is 0 Å². The van der Waals surface area contributed by atoms with Crippen LogP contribution in [0, 0.1) is 0 Å². The van der Waals surface area contributed by atoms with E-state index in [1.807, 2.05) is 18.2 Å². The molecule has 4 heteroatoms. The average molecular weight is 412 g/mol. The van der Waals surface area contributed by atoms with Gasteiger partial charge in [0.25, 0.3) is 0 Å². The minimum absolute atomic E-state index is 0.247. The van der Waals surface area contributed by atoms with E-state index in [1.165, 1.54) is 41.7 Å². The lowest BCUT2D eigenvalue weighted by Gasteiger charge is -2.54. The molecule has 2 unspecified atom stereocenters. The normalized spacial score (nSPS) is 22.2. The Hall–Kier alpha value is -3.40. The summed E-state index contributed by atoms with van der Waals surface area (Å²) in [5.74, 6) is -0.0698. The molecule has 0 saturated carbocycles. The molecule has 4 nitrogen and oxygen atoms in total. The Balaban J connectivity index is 1.78. The van der Waals surface area contributed by atoms with Gasteiger partial charge in [-0.2, -0.15) is 0 Å². The molecule has 0 radical (unpaired) electrons. The molecule has 3 aromatic carbocycles. The largest absolute Gasteiger partial charge is 0.461 e. The fourth-order valence-electron chi connectivity index (χ4n) is 5.54. The van der Waals surface area contributed by atoms with E-state index in [0.717, 1.165) is 11.1 Å². The van der Waals surface area contributed by atoms with Crippen LogP contribution in [-0.2, 0) is 31.8 Å². The molecule has 0 aliphatic heterocycles. The number of benzene rings is 3. The predicted molar refractivity (Wildman–Crippen MR) is 117 cm³/mol. The molecule has 0 spiro atoms. The first-order chi connectivity index (χ1) is 14.8. The summed E-state index contributed by atoms with van der Waals surface area (Å²) in [5, 5.41) is 0. The fourth-order valence-corrected chi connectivity index (χ4v) is 5.54. The van der Waals surface area contributed by atoms with Crippen LogP contribution in [-0.4, -0.2) is 11.9 Å². The molecule has 2 atom stereocenters. The van der Waals surface area contributed by atoms with Crippen molar-refractivity contribution < 1.29 is 19.1 Å². The van der Waals surface area contributed by atoms with Gasteiger partial charge in [0, 0.05) is 24.7 Å². The number of hydrogen-bond donors (Lipinski definition) is 0. The first-order valence-corrected chi connectivity index (χ1v) is 10.5. The van der Waals surface area contributed by atoms with Crippen LogP contribution >= 0.6 is 0 Å². The summed E-state index contributed by atoms with van der Waals surface area (Å²) in [7, 11) is 0. The lowest BCUT2D eigenvalue weighted by atomic mass is 9.48. The van der Waals surface area contributed by atoms with Crippen molar-refractivity contribution in [2.24, 2.45) is 0 Å². The number of rotatable bonds is 3. The van der Waals surface area contributed by atoms with Gasteiger partial charge >= 0.3 is 11.9 Å². The molecular weight excluding hydrogens is 388 g/mol. The molecule has 3 aromatic rings. The average Bonchev–Trinajstić information content (AvgIpc) is 2.75. The van der Waals surface area contributed by atoms with Crippen LogP contribution in [0.5, 0.6) is 5.75 Å². The molecule has 3 aliphatic carbocycles. The molecule has 0 aromatic heterocycles. The molecule has 0 heterocycles. The van der Waals surface area contributed by atoms with Crippen molar-refractivity contribution in [1.82, 2.24) is 0 Å². The topological polar surface area (TPSA) is 52.6 Å². The maximum atomic E-state index is 11.6. The Morgan fingerprint density at radius 1 is 0.710 bits per heavy atom. The second-order valence-corrected chi connectivity index (χ2v) is 8.76. The summed E-state index contributed by atoms with van der Waals surface area (Å²) in [6.07, 6.45) is 0. The zero-order chi connectivity index (χ0) is 22.0. The molecule has 6 rings (SSSR count). The van der Waals surface area contributed by atoms with E-state index in [9.17, 15) is 9.59 Å². The third-order valence-corrected chi connectivity index (χ3v) is 6.94. The number of ether oxygens (including phenoxy) is 2. The van der Waals surface area contributed by atoms with Crippen LogP contribution < -0.4 is 4.74 Å². The first kappa shape index (κ1) is 19.6. The molecule has 31 heavy (non-hydrogen) atoms. The van der Waals surface area contributed by atoms with E-state index in [2.05, 4.69) is 56.3 Å². The van der Waals surface area contributed by atoms with Crippen molar-refractivity contribution in [2.75, 3.05) is 0 Å². The maximum absolute atomic E-state index is 11.6. The van der Waals surface area contributed by atoms with Crippen LogP contribution in [0.1, 0.15) is 66.6 Å². The molecule has 0 saturated heterocycles. The highest BCUT2D eigenvalue weighted by Crippen LogP contribution is 2.62. The Labute approximate surface area is 181 Å². The number of carbonyl (C=O) groups excluding carboxylic acids is 2. The number of esters is 2. The first-order valence-electron chi connectivity index (χ1n) is 10.5. The van der Waals surface area contributed by atoms with Crippen molar-refractivity contribution in [3.63, 3.8) is 0 Å². The van der Waals surface area contributed by atoms with Gasteiger partial charge in [-0.15, -0.1) is 0 Å². The lowest BCUT2D eigenvalue weighted by molar-refractivity contribution is -0.142. The van der Waals surface area contributed by atoms with Crippen LogP contribution in [0.2, 0.25) is 0 Å². The summed E-state index contributed by atoms with van der Waals surface area (Å²) in [4.78, 5) is 22.9. The standard InChI is InChI=1S/C27H24O4/c1-16(28)30-15-18-9-11-22-24(13-18)27(4)21-8-6-5-7-20(21)26(22,3)23-12-10-19(14-25(23)27)31-17(2)29/h5-14H,15H2,1-4H3. The SMILES string of the molecule is CC(=O)OCc1ccc2c(c1)C1(C)c3ccccc3C2(C)c2ccc(OC(C)=O)cc21. The maximum Gasteiger partial charge on any atom is 0.308 e. The Morgan fingerprint density at radius 3 is 1.87 bits per heavy atom. The molecular formula is C27H24O4. The van der Waals surface area contributed by atoms with E-state index in [4.69, 9.17) is 9.47 Å². The molecule has 0 fully saturated rings. The minimum atomic E-state index is -0.415. The van der Waals surface area contributed by atoms with Gasteiger partial charge in [0.2, 0.25) is 0 Å². The quantitative estimate of drug-likeness (QED) is 0.448. The molecule has 156 valence electrons. The molecule has 2 bridgehead atoms. The van der Waals surface area contributed by atoms with Gasteiger partial charge < -0.3 is 9.47 Å². The third-order valence-electron chi connectivity index (χ3n) is 6.94. The summed E-state index contributed by atoms with van der Waals surface area (Å²) >= 11 is 0. The van der Waals surface area contributed by atoms with Gasteiger partial charge in [-0.25, -0.2) is 0 Å². The van der Waals surface area contributed by atoms with E-state index < -0.39 is 5.41 Å². The minimum Gasteiger partial charge on any atom is -0.461 e. The van der Waals surface area contributed by atoms with Crippen molar-refractivity contribution in [2.45, 2.75) is 45.1 Å². The highest BCUT2D eigenvalue weighted by molar-refractivity contribution is 5.76. The monoisotopic (exact) mass is 412 g/mol. The lowest BCUT2D eigenvalue weighted by Crippen LogP contribution is -2.48. The summed E-state index contributed by atoms with van der Waals surface area (Å²) in [5.41, 5.74) is 7.59. The molecule has 0 amide bonds. The highest BCUT2D eigenvalue weighted by atomic mass is 16.5. The molecule has 3 aliphatic rings. The van der Waals surface area contributed by atoms with E-state index in [-0.39, 0.29) is 24.0 Å². The van der Waals surface area contributed by atoms with Gasteiger partial charge in [-0.05, 0) is 64.9 Å². The van der Waals surface area contributed by atoms with Crippen LogP contribution in [0.4, 0.5) is 0 Å². The zero-order valence-electron chi connectivity index (χ0n) is 18.1. The van der Waals surface area contributed by atoms with Gasteiger partial charge in [0.15, 0.2) is 0 Å². The molecule has 0 N–H and O–H groups in total. The highest BCUT2D eigenvalue weighted by Gasteiger charge is 2.54. The van der Waals surface area contributed by atoms with Crippen molar-refractivity contribution >= 4 is 11.9 Å². The Bertz CT molecular complexity index is 1260. The van der Waals surface area contributed by atoms with E-state index in [1.54, 1.807) is 0 Å². The smallest absolute Gasteiger partial charge is 0.308 e. The second-order valence-electron chi connectivity index (χ2n) is 8.76. The zero-order valence-corrected chi connectivity index (χ0v) is 18.1. The van der Waals surface area contributed by atoms with Crippen molar-refractivity contribution in [3.05, 3.63) is 99.6 Å². The van der Waals surface area contributed by atoms with Gasteiger partial charge in [0.1, 0.15) is 12.4 Å². The second kappa shape index (κ2) is 6.55. The van der Waals surface area contributed by atoms with E-state index in [0.29, 0.717) is 5.75 Å². The fraction of sp³-hybridized carbons (Fsp3) is 0.259. The van der Waals surface area contributed by atoms with Gasteiger partial charge in [-0.1, -0.05) is 48.5 Å². The van der Waals surface area contributed by atoms with Gasteiger partial charge in [0.05, 0.1) is 0 Å². The Kier molecular flexibility index (Phi) is 4.13. The summed E-state index contributed by atoms with van der Waals surface area (Å²) in [6, 6.07) is 20.9. The van der Waals surface area contributed by atoms with E-state index >= 15 is 0 Å². The van der Waals surface area contributed by atoms with Crippen molar-refractivity contribution in [3.8, 4) is 5.75 Å². The van der Waals surface area contributed by atoms with Crippen LogP contribution in [0.3, 0.4) is 0 Å². The number of hydrogen-bond acceptors (Lipinski definition) is 4. The third kappa shape index (κ3) is 2.61. The van der Waals surface area contributed by atoms with Gasteiger partial charge in [-0.3, -0.25) is 9.59 Å². The van der Waals surface area contributed by atoms with Crippen LogP contribution in [0.15, 0.2) is 60.7 Å². The number of carbonyl (C=O) groups is 2. The predicted octanol–water partition coefficient (Wildman–Crippen LogP) is 5.01.